The molecule has 0 aromatic heterocycles. The van der Waals surface area contributed by atoms with Crippen LogP contribution < -0.4 is 9.62 Å². The molecule has 28 heavy (non-hydrogen) atoms. The van der Waals surface area contributed by atoms with Gasteiger partial charge in [-0.1, -0.05) is 44.5 Å². The molecule has 0 unspecified atom stereocenters. The zero-order valence-electron chi connectivity index (χ0n) is 15.8. The van der Waals surface area contributed by atoms with Crippen LogP contribution in [0.1, 0.15) is 43.1 Å². The molecule has 2 amide bonds. The SMILES string of the molecule is CC(C)(C)c1ccc(NC(=O)c2ccc(N3C(=O)CCS3(=O)=O)cc2Cl)cc1. The van der Waals surface area contributed by atoms with Gasteiger partial charge in [0.15, 0.2) is 0 Å². The normalized spacial score (nSPS) is 16.3. The standard InChI is InChI=1S/C20H21ClN2O4S/c1-20(2,3)13-4-6-14(7-5-13)22-19(25)16-9-8-15(12-17(16)21)23-18(24)10-11-28(23,26)27/h4-9,12H,10-11H2,1-3H3,(H,22,25). The van der Waals surface area contributed by atoms with Crippen LogP contribution in [0.3, 0.4) is 0 Å². The zero-order chi connectivity index (χ0) is 20.7. The lowest BCUT2D eigenvalue weighted by molar-refractivity contribution is -0.116. The van der Waals surface area contributed by atoms with Crippen molar-refractivity contribution in [2.24, 2.45) is 0 Å². The Kier molecular flexibility index (Phi) is 5.25. The number of halogens is 1. The van der Waals surface area contributed by atoms with Gasteiger partial charge in [0.05, 0.1) is 22.0 Å². The van der Waals surface area contributed by atoms with Crippen LogP contribution in [0, 0.1) is 0 Å². The van der Waals surface area contributed by atoms with Crippen molar-refractivity contribution in [3.05, 3.63) is 58.6 Å². The van der Waals surface area contributed by atoms with Gasteiger partial charge in [-0.05, 0) is 41.3 Å². The van der Waals surface area contributed by atoms with Crippen LogP contribution in [0.15, 0.2) is 42.5 Å². The van der Waals surface area contributed by atoms with Crippen molar-refractivity contribution >= 4 is 44.8 Å². The maximum absolute atomic E-state index is 12.5. The summed E-state index contributed by atoms with van der Waals surface area (Å²) in [7, 11) is -3.68. The van der Waals surface area contributed by atoms with Crippen LogP contribution in [0.4, 0.5) is 11.4 Å². The number of carbonyl (C=O) groups is 2. The third-order valence-electron chi connectivity index (χ3n) is 4.52. The van der Waals surface area contributed by atoms with Gasteiger partial charge in [-0.3, -0.25) is 9.59 Å². The van der Waals surface area contributed by atoms with Crippen LogP contribution in [-0.4, -0.2) is 26.0 Å². The lowest BCUT2D eigenvalue weighted by Crippen LogP contribution is -2.29. The quantitative estimate of drug-likeness (QED) is 0.814. The summed E-state index contributed by atoms with van der Waals surface area (Å²) in [5, 5.41) is 2.84. The highest BCUT2D eigenvalue weighted by molar-refractivity contribution is 7.94. The second kappa shape index (κ2) is 7.22. The van der Waals surface area contributed by atoms with Gasteiger partial charge in [-0.15, -0.1) is 0 Å². The van der Waals surface area contributed by atoms with E-state index >= 15 is 0 Å². The monoisotopic (exact) mass is 420 g/mol. The number of hydrogen-bond acceptors (Lipinski definition) is 4. The van der Waals surface area contributed by atoms with Crippen molar-refractivity contribution < 1.29 is 18.0 Å². The summed E-state index contributed by atoms with van der Waals surface area (Å²) >= 11 is 6.20. The van der Waals surface area contributed by atoms with E-state index in [1.807, 2.05) is 24.3 Å². The Morgan fingerprint density at radius 3 is 2.25 bits per heavy atom. The molecule has 8 heteroatoms. The first-order valence-corrected chi connectivity index (χ1v) is 10.7. The Bertz CT molecular complexity index is 1040. The lowest BCUT2D eigenvalue weighted by Gasteiger charge is -2.19. The molecule has 6 nitrogen and oxygen atoms in total. The number of amides is 2. The summed E-state index contributed by atoms with van der Waals surface area (Å²) in [5.41, 5.74) is 2.10. The maximum atomic E-state index is 12.5. The molecule has 0 aliphatic carbocycles. The third kappa shape index (κ3) is 4.05. The molecule has 0 atom stereocenters. The number of rotatable bonds is 3. The number of hydrogen-bond donors (Lipinski definition) is 1. The Balaban J connectivity index is 1.81. The van der Waals surface area contributed by atoms with Crippen LogP contribution >= 0.6 is 11.6 Å². The molecule has 1 fully saturated rings. The Morgan fingerprint density at radius 2 is 1.75 bits per heavy atom. The number of benzene rings is 2. The largest absolute Gasteiger partial charge is 0.322 e. The molecule has 1 aliphatic heterocycles. The van der Waals surface area contributed by atoms with Gasteiger partial charge in [-0.2, -0.15) is 0 Å². The van der Waals surface area contributed by atoms with E-state index < -0.39 is 21.8 Å². The average molecular weight is 421 g/mol. The van der Waals surface area contributed by atoms with Crippen molar-refractivity contribution in [1.82, 2.24) is 0 Å². The van der Waals surface area contributed by atoms with Gasteiger partial charge in [0.1, 0.15) is 0 Å². The summed E-state index contributed by atoms with van der Waals surface area (Å²) in [6, 6.07) is 11.7. The van der Waals surface area contributed by atoms with Crippen LogP contribution in [0.2, 0.25) is 5.02 Å². The molecule has 0 spiro atoms. The number of nitrogens with zero attached hydrogens (tertiary/aromatic N) is 1. The average Bonchev–Trinajstić information content (AvgIpc) is 2.87. The van der Waals surface area contributed by atoms with Gasteiger partial charge in [0.25, 0.3) is 5.91 Å². The van der Waals surface area contributed by atoms with E-state index in [2.05, 4.69) is 26.1 Å². The first kappa shape index (κ1) is 20.4. The molecule has 0 saturated carbocycles. The summed E-state index contributed by atoms with van der Waals surface area (Å²) in [6.07, 6.45) is -0.0627. The molecular formula is C20H21ClN2O4S. The summed E-state index contributed by atoms with van der Waals surface area (Å²) in [6.45, 7) is 6.31. The number of nitrogens with one attached hydrogen (secondary N) is 1. The summed E-state index contributed by atoms with van der Waals surface area (Å²) in [4.78, 5) is 24.4. The molecule has 2 aromatic carbocycles. The van der Waals surface area contributed by atoms with Crippen molar-refractivity contribution in [1.29, 1.82) is 0 Å². The van der Waals surface area contributed by atoms with E-state index in [4.69, 9.17) is 11.6 Å². The molecule has 3 rings (SSSR count). The predicted molar refractivity (Wildman–Crippen MR) is 110 cm³/mol. The Hall–Kier alpha value is -2.38. The summed E-state index contributed by atoms with van der Waals surface area (Å²) in [5.74, 6) is -1.15. The van der Waals surface area contributed by atoms with Gasteiger partial charge in [-0.25, -0.2) is 12.7 Å². The minimum Gasteiger partial charge on any atom is -0.322 e. The van der Waals surface area contributed by atoms with Gasteiger partial charge in [0.2, 0.25) is 15.9 Å². The van der Waals surface area contributed by atoms with E-state index in [9.17, 15) is 18.0 Å². The molecule has 0 radical (unpaired) electrons. The second-order valence-electron chi connectivity index (χ2n) is 7.67. The Labute approximate surface area is 169 Å². The molecule has 1 aliphatic rings. The third-order valence-corrected chi connectivity index (χ3v) is 6.52. The van der Waals surface area contributed by atoms with E-state index in [1.165, 1.54) is 18.2 Å². The van der Waals surface area contributed by atoms with Crippen LogP contribution in [-0.2, 0) is 20.2 Å². The molecule has 1 N–H and O–H groups in total. The van der Waals surface area contributed by atoms with E-state index in [0.717, 1.165) is 9.87 Å². The highest BCUT2D eigenvalue weighted by atomic mass is 35.5. The molecule has 148 valence electrons. The van der Waals surface area contributed by atoms with Crippen molar-refractivity contribution in [2.45, 2.75) is 32.6 Å². The minimum atomic E-state index is -3.68. The molecule has 2 aromatic rings. The van der Waals surface area contributed by atoms with Gasteiger partial charge < -0.3 is 5.32 Å². The fourth-order valence-corrected chi connectivity index (χ4v) is 4.65. The fourth-order valence-electron chi connectivity index (χ4n) is 2.94. The molecule has 1 saturated heterocycles. The Morgan fingerprint density at radius 1 is 1.11 bits per heavy atom. The number of carbonyl (C=O) groups excluding carboxylic acids is 2. The minimum absolute atomic E-state index is 0.00895. The lowest BCUT2D eigenvalue weighted by atomic mass is 9.87. The van der Waals surface area contributed by atoms with Gasteiger partial charge >= 0.3 is 0 Å². The van der Waals surface area contributed by atoms with Crippen LogP contribution in [0.25, 0.3) is 0 Å². The zero-order valence-corrected chi connectivity index (χ0v) is 17.4. The van der Waals surface area contributed by atoms with E-state index in [0.29, 0.717) is 5.69 Å². The number of anilines is 2. The van der Waals surface area contributed by atoms with E-state index in [-0.39, 0.29) is 33.9 Å². The maximum Gasteiger partial charge on any atom is 0.257 e. The first-order valence-electron chi connectivity index (χ1n) is 8.76. The topological polar surface area (TPSA) is 83.6 Å². The van der Waals surface area contributed by atoms with Crippen molar-refractivity contribution in [2.75, 3.05) is 15.4 Å². The predicted octanol–water partition coefficient (Wildman–Crippen LogP) is 3.96. The molecular weight excluding hydrogens is 400 g/mol. The van der Waals surface area contributed by atoms with Crippen LogP contribution in [0.5, 0.6) is 0 Å². The second-order valence-corrected chi connectivity index (χ2v) is 10.0. The highest BCUT2D eigenvalue weighted by Gasteiger charge is 2.36. The van der Waals surface area contributed by atoms with Gasteiger partial charge in [0, 0.05) is 12.1 Å². The van der Waals surface area contributed by atoms with Crippen molar-refractivity contribution in [3.8, 4) is 0 Å². The summed E-state index contributed by atoms with van der Waals surface area (Å²) < 4.78 is 24.8. The molecule has 0 bridgehead atoms. The highest BCUT2D eigenvalue weighted by Crippen LogP contribution is 2.30. The number of sulfonamides is 1. The smallest absolute Gasteiger partial charge is 0.257 e. The molecule has 1 heterocycles. The van der Waals surface area contributed by atoms with E-state index in [1.54, 1.807) is 0 Å². The first-order chi connectivity index (χ1) is 13.0. The fraction of sp³-hybridized carbons (Fsp3) is 0.300. The van der Waals surface area contributed by atoms with Crippen molar-refractivity contribution in [3.63, 3.8) is 0 Å².